The molecule has 1 aromatic rings. The Morgan fingerprint density at radius 2 is 2.15 bits per heavy atom. The van der Waals surface area contributed by atoms with Gasteiger partial charge in [-0.1, -0.05) is 0 Å². The molecule has 0 saturated heterocycles. The molecule has 0 atom stereocenters. The first-order chi connectivity index (χ1) is 6.07. The van der Waals surface area contributed by atoms with Gasteiger partial charge in [-0.3, -0.25) is 0 Å². The van der Waals surface area contributed by atoms with Gasteiger partial charge in [-0.05, 0) is 12.5 Å². The Hall–Kier alpha value is -1.57. The molecule has 0 aliphatic rings. The molecule has 0 saturated carbocycles. The Balaban J connectivity index is 3.41. The van der Waals surface area contributed by atoms with Crippen LogP contribution in [0.15, 0.2) is 6.20 Å². The number of hydrogen-bond donors (Lipinski definition) is 0. The second-order valence-electron chi connectivity index (χ2n) is 2.41. The zero-order valence-electron chi connectivity index (χ0n) is 6.68. The van der Waals surface area contributed by atoms with E-state index in [2.05, 4.69) is 4.98 Å². The van der Waals surface area contributed by atoms with Crippen LogP contribution in [-0.4, -0.2) is 4.98 Å². The molecule has 0 N–H and O–H groups in total. The van der Waals surface area contributed by atoms with Crippen molar-refractivity contribution in [1.82, 2.24) is 4.98 Å². The highest BCUT2D eigenvalue weighted by Gasteiger charge is 2.19. The Morgan fingerprint density at radius 3 is 2.62 bits per heavy atom. The summed E-state index contributed by atoms with van der Waals surface area (Å²) in [4.78, 5) is 3.37. The lowest BCUT2D eigenvalue weighted by atomic mass is 10.1. The van der Waals surface area contributed by atoms with Gasteiger partial charge in [0.05, 0.1) is 11.8 Å². The summed E-state index contributed by atoms with van der Waals surface area (Å²) in [6, 6.07) is 1.61. The molecule has 2 nitrogen and oxygen atoms in total. The van der Waals surface area contributed by atoms with Gasteiger partial charge in [-0.2, -0.15) is 5.26 Å². The molecule has 13 heavy (non-hydrogen) atoms. The maximum atomic E-state index is 12.8. The molecule has 0 aromatic carbocycles. The molecule has 0 fully saturated rings. The summed E-state index contributed by atoms with van der Waals surface area (Å²) in [5.41, 5.74) is -1.01. The van der Waals surface area contributed by atoms with Crippen molar-refractivity contribution in [3.05, 3.63) is 28.8 Å². The van der Waals surface area contributed by atoms with Crippen molar-refractivity contribution in [2.45, 2.75) is 13.3 Å². The lowest BCUT2D eigenvalue weighted by Gasteiger charge is -2.05. The summed E-state index contributed by atoms with van der Waals surface area (Å²) in [5.74, 6) is -1.08. The molecule has 0 amide bonds. The number of hydrogen-bond acceptors (Lipinski definition) is 2. The average Bonchev–Trinajstić information content (AvgIpc) is 2.04. The monoisotopic (exact) mass is 186 g/mol. The minimum atomic E-state index is -2.92. The van der Waals surface area contributed by atoms with Crippen molar-refractivity contribution in [2.75, 3.05) is 0 Å². The van der Waals surface area contributed by atoms with Crippen LogP contribution in [0.3, 0.4) is 0 Å². The Morgan fingerprint density at radius 1 is 1.54 bits per heavy atom. The van der Waals surface area contributed by atoms with Gasteiger partial charge < -0.3 is 0 Å². The van der Waals surface area contributed by atoms with E-state index in [1.54, 1.807) is 6.07 Å². The van der Waals surface area contributed by atoms with Gasteiger partial charge in [0.1, 0.15) is 11.8 Å². The lowest BCUT2D eigenvalue weighted by molar-refractivity contribution is 0.145. The van der Waals surface area contributed by atoms with Crippen molar-refractivity contribution in [2.24, 2.45) is 0 Å². The molecule has 0 aliphatic carbocycles. The molecule has 1 heterocycles. The highest BCUT2D eigenvalue weighted by molar-refractivity contribution is 5.37. The second kappa shape index (κ2) is 3.44. The second-order valence-corrected chi connectivity index (χ2v) is 2.41. The van der Waals surface area contributed by atoms with E-state index in [0.717, 1.165) is 0 Å². The Bertz CT molecular complexity index is 368. The molecule has 1 rings (SSSR count). The molecule has 1 aromatic heterocycles. The van der Waals surface area contributed by atoms with Crippen molar-refractivity contribution in [1.29, 1.82) is 5.26 Å². The highest BCUT2D eigenvalue weighted by Crippen LogP contribution is 2.26. The Kier molecular flexibility index (Phi) is 2.52. The van der Waals surface area contributed by atoms with Crippen LogP contribution >= 0.6 is 0 Å². The minimum absolute atomic E-state index is 0.0995. The van der Waals surface area contributed by atoms with Crippen molar-refractivity contribution < 1.29 is 13.2 Å². The highest BCUT2D eigenvalue weighted by atomic mass is 19.3. The fraction of sp³-hybridized carbons (Fsp3) is 0.250. The minimum Gasteiger partial charge on any atom is -0.242 e. The standard InChI is InChI=1S/C8H5F3N2/c1-4-6(2-12)13-3-5(9)7(4)8(10)11/h3,8H,1H3. The van der Waals surface area contributed by atoms with E-state index in [0.29, 0.717) is 6.20 Å². The molecule has 68 valence electrons. The van der Waals surface area contributed by atoms with Crippen molar-refractivity contribution >= 4 is 0 Å². The van der Waals surface area contributed by atoms with Crippen LogP contribution in [0.1, 0.15) is 23.2 Å². The van der Waals surface area contributed by atoms with Crippen molar-refractivity contribution in [3.8, 4) is 6.07 Å². The molecule has 0 spiro atoms. The number of alkyl halides is 2. The number of nitriles is 1. The summed E-state index contributed by atoms with van der Waals surface area (Å²) in [7, 11) is 0. The van der Waals surface area contributed by atoms with Gasteiger partial charge >= 0.3 is 0 Å². The third-order valence-corrected chi connectivity index (χ3v) is 1.65. The molecule has 0 unspecified atom stereocenters. The number of aromatic nitrogens is 1. The van der Waals surface area contributed by atoms with Gasteiger partial charge in [0.2, 0.25) is 0 Å². The first-order valence-corrected chi connectivity index (χ1v) is 3.41. The van der Waals surface area contributed by atoms with E-state index < -0.39 is 17.8 Å². The van der Waals surface area contributed by atoms with Crippen LogP contribution in [0.2, 0.25) is 0 Å². The van der Waals surface area contributed by atoms with Gasteiger partial charge in [-0.15, -0.1) is 0 Å². The fourth-order valence-electron chi connectivity index (χ4n) is 0.975. The molecule has 0 bridgehead atoms. The third-order valence-electron chi connectivity index (χ3n) is 1.65. The zero-order chi connectivity index (χ0) is 10.0. The van der Waals surface area contributed by atoms with E-state index in [4.69, 9.17) is 5.26 Å². The summed E-state index contributed by atoms with van der Waals surface area (Å²) < 4.78 is 37.2. The maximum absolute atomic E-state index is 12.8. The average molecular weight is 186 g/mol. The van der Waals surface area contributed by atoms with Gasteiger partial charge in [0.15, 0.2) is 5.82 Å². The van der Waals surface area contributed by atoms with E-state index in [9.17, 15) is 13.2 Å². The normalized spacial score (nSPS) is 10.2. The lowest BCUT2D eigenvalue weighted by Crippen LogP contribution is -2.00. The third kappa shape index (κ3) is 1.61. The van der Waals surface area contributed by atoms with Crippen LogP contribution in [0.4, 0.5) is 13.2 Å². The number of rotatable bonds is 1. The van der Waals surface area contributed by atoms with Crippen LogP contribution < -0.4 is 0 Å². The summed E-state index contributed by atoms with van der Waals surface area (Å²) >= 11 is 0. The van der Waals surface area contributed by atoms with E-state index >= 15 is 0 Å². The summed E-state index contributed by atoms with van der Waals surface area (Å²) in [6.07, 6.45) is -2.29. The van der Waals surface area contributed by atoms with Crippen LogP contribution in [0, 0.1) is 24.1 Å². The van der Waals surface area contributed by atoms with Crippen LogP contribution in [-0.2, 0) is 0 Å². The first-order valence-electron chi connectivity index (χ1n) is 3.41. The van der Waals surface area contributed by atoms with E-state index in [1.807, 2.05) is 0 Å². The predicted octanol–water partition coefficient (Wildman–Crippen LogP) is 2.34. The van der Waals surface area contributed by atoms with Gasteiger partial charge in [0.25, 0.3) is 6.43 Å². The van der Waals surface area contributed by atoms with E-state index in [-0.39, 0.29) is 11.3 Å². The number of halogens is 3. The molecular weight excluding hydrogens is 181 g/mol. The number of nitrogens with zero attached hydrogens (tertiary/aromatic N) is 2. The molecule has 0 aliphatic heterocycles. The zero-order valence-corrected chi connectivity index (χ0v) is 6.68. The largest absolute Gasteiger partial charge is 0.267 e. The predicted molar refractivity (Wildman–Crippen MR) is 38.6 cm³/mol. The van der Waals surface area contributed by atoms with E-state index in [1.165, 1.54) is 6.92 Å². The summed E-state index contributed by atoms with van der Waals surface area (Å²) in [5, 5.41) is 8.44. The van der Waals surface area contributed by atoms with Gasteiger partial charge in [0, 0.05) is 0 Å². The molecule has 5 heteroatoms. The topological polar surface area (TPSA) is 36.7 Å². The smallest absolute Gasteiger partial charge is 0.242 e. The Labute approximate surface area is 72.6 Å². The maximum Gasteiger partial charge on any atom is 0.267 e. The SMILES string of the molecule is Cc1c(C#N)ncc(F)c1C(F)F. The molecular formula is C8H5F3N2. The fourth-order valence-corrected chi connectivity index (χ4v) is 0.975. The van der Waals surface area contributed by atoms with Crippen LogP contribution in [0.25, 0.3) is 0 Å². The number of pyridine rings is 1. The van der Waals surface area contributed by atoms with Crippen LogP contribution in [0.5, 0.6) is 0 Å². The molecule has 0 radical (unpaired) electrons. The quantitative estimate of drug-likeness (QED) is 0.674. The van der Waals surface area contributed by atoms with Crippen molar-refractivity contribution in [3.63, 3.8) is 0 Å². The first kappa shape index (κ1) is 9.52. The summed E-state index contributed by atoms with van der Waals surface area (Å²) in [6.45, 7) is 1.25. The van der Waals surface area contributed by atoms with Gasteiger partial charge in [-0.25, -0.2) is 18.2 Å².